The van der Waals surface area contributed by atoms with Gasteiger partial charge < -0.3 is 13.5 Å². The molecule has 1 saturated heterocycles. The van der Waals surface area contributed by atoms with Crippen molar-refractivity contribution < 1.29 is 22.8 Å². The van der Waals surface area contributed by atoms with Crippen LogP contribution < -0.4 is 0 Å². The van der Waals surface area contributed by atoms with Gasteiger partial charge in [0.25, 0.3) is 0 Å². The van der Waals surface area contributed by atoms with E-state index in [1.54, 1.807) is 12.1 Å². The molecule has 1 aromatic heterocycles. The minimum Gasteiger partial charge on any atom is -0.461 e. The van der Waals surface area contributed by atoms with Crippen molar-refractivity contribution in [3.05, 3.63) is 24.2 Å². The summed E-state index contributed by atoms with van der Waals surface area (Å²) >= 11 is 0.908. The number of furan rings is 1. The van der Waals surface area contributed by atoms with Crippen LogP contribution in [0.2, 0.25) is 0 Å². The van der Waals surface area contributed by atoms with Gasteiger partial charge in [0, 0.05) is 5.41 Å². The fourth-order valence-corrected chi connectivity index (χ4v) is 4.55. The van der Waals surface area contributed by atoms with Crippen molar-refractivity contribution in [3.8, 4) is 0 Å². The van der Waals surface area contributed by atoms with Gasteiger partial charge in [0.05, 0.1) is 25.2 Å². The van der Waals surface area contributed by atoms with E-state index in [-0.39, 0.29) is 22.7 Å². The highest BCUT2D eigenvalue weighted by Crippen LogP contribution is 2.63. The van der Waals surface area contributed by atoms with E-state index >= 15 is 0 Å². The van der Waals surface area contributed by atoms with Gasteiger partial charge in [-0.25, -0.2) is 4.57 Å². The lowest BCUT2D eigenvalue weighted by molar-refractivity contribution is 0.0500. The number of carbonyl (C=O) groups is 1. The Kier molecular flexibility index (Phi) is 4.02. The molecular weight excluding hydrogens is 275 g/mol. The van der Waals surface area contributed by atoms with E-state index in [1.165, 1.54) is 6.26 Å². The van der Waals surface area contributed by atoms with Gasteiger partial charge in [-0.2, -0.15) is 0 Å². The molecule has 0 bridgehead atoms. The van der Waals surface area contributed by atoms with Gasteiger partial charge in [-0.3, -0.25) is 4.79 Å². The minimum absolute atomic E-state index is 0.0191. The molecule has 0 N–H and O–H groups in total. The molecule has 0 unspecified atom stereocenters. The summed E-state index contributed by atoms with van der Waals surface area (Å²) in [5.74, 6) is 0.0503. The maximum Gasteiger partial charge on any atom is 0.389 e. The van der Waals surface area contributed by atoms with Gasteiger partial charge in [0.15, 0.2) is 5.76 Å². The van der Waals surface area contributed by atoms with Crippen molar-refractivity contribution in [3.63, 3.8) is 0 Å². The molecule has 0 aliphatic carbocycles. The monoisotopic (exact) mass is 290 g/mol. The lowest BCUT2D eigenvalue weighted by atomic mass is 9.97. The molecule has 0 radical (unpaired) electrons. The normalized spacial score (nSPS) is 21.7. The van der Waals surface area contributed by atoms with Gasteiger partial charge in [0.1, 0.15) is 0 Å². The largest absolute Gasteiger partial charge is 0.461 e. The van der Waals surface area contributed by atoms with Crippen molar-refractivity contribution in [2.24, 2.45) is 5.41 Å². The summed E-state index contributed by atoms with van der Waals surface area (Å²) in [6, 6.07) is 3.21. The Balaban J connectivity index is 1.87. The zero-order valence-corrected chi connectivity index (χ0v) is 12.0. The standard InChI is InChI=1S/C11H15O5PS/c1-11(2)7-15-17(13,16-8-11)18-6-9(12)10-4-3-5-14-10/h3-5H,6-8H2,1-2H3. The van der Waals surface area contributed by atoms with Crippen LogP contribution in [0.25, 0.3) is 0 Å². The lowest BCUT2D eigenvalue weighted by Gasteiger charge is -2.33. The molecule has 5 nitrogen and oxygen atoms in total. The van der Waals surface area contributed by atoms with Crippen molar-refractivity contribution >= 4 is 24.0 Å². The van der Waals surface area contributed by atoms with E-state index < -0.39 is 6.80 Å². The molecule has 0 aromatic carbocycles. The topological polar surface area (TPSA) is 65.7 Å². The summed E-state index contributed by atoms with van der Waals surface area (Å²) in [6.45, 7) is 1.47. The van der Waals surface area contributed by atoms with Crippen LogP contribution in [0.4, 0.5) is 0 Å². The number of hydrogen-bond acceptors (Lipinski definition) is 6. The van der Waals surface area contributed by atoms with Gasteiger partial charge in [0.2, 0.25) is 5.78 Å². The van der Waals surface area contributed by atoms with Crippen LogP contribution in [-0.2, 0) is 13.6 Å². The van der Waals surface area contributed by atoms with E-state index in [0.717, 1.165) is 11.4 Å². The zero-order valence-electron chi connectivity index (χ0n) is 10.3. The number of rotatable bonds is 4. The van der Waals surface area contributed by atoms with Crippen LogP contribution in [0.15, 0.2) is 22.8 Å². The molecule has 0 saturated carbocycles. The highest BCUT2D eigenvalue weighted by Gasteiger charge is 2.37. The molecular formula is C11H15O5PS. The molecule has 0 atom stereocenters. The van der Waals surface area contributed by atoms with E-state index in [0.29, 0.717) is 13.2 Å². The fourth-order valence-electron chi connectivity index (χ4n) is 1.31. The average Bonchev–Trinajstić information content (AvgIpc) is 2.85. The first-order chi connectivity index (χ1) is 8.40. The fraction of sp³-hybridized carbons (Fsp3) is 0.545. The minimum atomic E-state index is -3.19. The Bertz CT molecular complexity index is 454. The van der Waals surface area contributed by atoms with E-state index in [1.807, 2.05) is 13.8 Å². The Morgan fingerprint density at radius 1 is 1.44 bits per heavy atom. The maximum atomic E-state index is 12.1. The molecule has 1 aliphatic rings. The van der Waals surface area contributed by atoms with Gasteiger partial charge >= 0.3 is 6.80 Å². The van der Waals surface area contributed by atoms with Crippen LogP contribution in [0.3, 0.4) is 0 Å². The van der Waals surface area contributed by atoms with Crippen LogP contribution >= 0.6 is 18.2 Å². The third kappa shape index (κ3) is 3.48. The Morgan fingerprint density at radius 2 is 2.11 bits per heavy atom. The first-order valence-corrected chi connectivity index (χ1v) is 8.64. The highest BCUT2D eigenvalue weighted by atomic mass is 32.7. The van der Waals surface area contributed by atoms with E-state index in [4.69, 9.17) is 13.5 Å². The number of carbonyl (C=O) groups excluding carboxylic acids is 1. The molecule has 1 aromatic rings. The van der Waals surface area contributed by atoms with Gasteiger partial charge in [-0.05, 0) is 23.5 Å². The van der Waals surface area contributed by atoms with Crippen molar-refractivity contribution in [2.45, 2.75) is 13.8 Å². The first kappa shape index (κ1) is 13.9. The van der Waals surface area contributed by atoms with Crippen molar-refractivity contribution in [2.75, 3.05) is 19.0 Å². The Labute approximate surface area is 109 Å². The van der Waals surface area contributed by atoms with Gasteiger partial charge in [-0.1, -0.05) is 13.8 Å². The van der Waals surface area contributed by atoms with Crippen LogP contribution in [0.1, 0.15) is 24.4 Å². The zero-order chi connectivity index (χ0) is 13.2. The summed E-state index contributed by atoms with van der Waals surface area (Å²) < 4.78 is 27.6. The van der Waals surface area contributed by atoms with E-state index in [9.17, 15) is 9.36 Å². The van der Waals surface area contributed by atoms with Crippen LogP contribution in [0.5, 0.6) is 0 Å². The molecule has 18 heavy (non-hydrogen) atoms. The molecule has 2 rings (SSSR count). The summed E-state index contributed by atoms with van der Waals surface area (Å²) in [7, 11) is 0. The van der Waals surface area contributed by atoms with Gasteiger partial charge in [-0.15, -0.1) is 0 Å². The van der Waals surface area contributed by atoms with Crippen LogP contribution in [0, 0.1) is 5.41 Å². The second-order valence-electron chi connectivity index (χ2n) is 4.83. The molecule has 1 aliphatic heterocycles. The molecule has 1 fully saturated rings. The van der Waals surface area contributed by atoms with Crippen molar-refractivity contribution in [1.29, 1.82) is 0 Å². The number of Topliss-reactive ketones (excluding diaryl/α,β-unsaturated/α-hetero) is 1. The Hall–Kier alpha value is -0.550. The molecule has 2 heterocycles. The molecule has 100 valence electrons. The molecule has 0 amide bonds. The first-order valence-electron chi connectivity index (χ1n) is 5.51. The van der Waals surface area contributed by atoms with Crippen molar-refractivity contribution in [1.82, 2.24) is 0 Å². The smallest absolute Gasteiger partial charge is 0.389 e. The predicted molar refractivity (Wildman–Crippen MR) is 68.8 cm³/mol. The SMILES string of the molecule is CC1(C)COP(=O)(SCC(=O)c2ccco2)OC1. The number of hydrogen-bond donors (Lipinski definition) is 0. The third-order valence-electron chi connectivity index (χ3n) is 2.38. The summed E-state index contributed by atoms with van der Waals surface area (Å²) in [5, 5.41) is 0. The summed E-state index contributed by atoms with van der Waals surface area (Å²) in [5.41, 5.74) is -0.139. The molecule has 0 spiro atoms. The maximum absolute atomic E-state index is 12.1. The predicted octanol–water partition coefficient (Wildman–Crippen LogP) is 3.38. The second-order valence-corrected chi connectivity index (χ2v) is 8.91. The summed E-state index contributed by atoms with van der Waals surface area (Å²) in [6.07, 6.45) is 1.43. The average molecular weight is 290 g/mol. The summed E-state index contributed by atoms with van der Waals surface area (Å²) in [4.78, 5) is 11.7. The molecule has 7 heteroatoms. The third-order valence-corrected chi connectivity index (χ3v) is 5.94. The highest BCUT2D eigenvalue weighted by molar-refractivity contribution is 8.55. The quantitative estimate of drug-likeness (QED) is 0.625. The second kappa shape index (κ2) is 5.21. The lowest BCUT2D eigenvalue weighted by Crippen LogP contribution is -2.28. The number of ketones is 1. The Morgan fingerprint density at radius 3 is 2.67 bits per heavy atom. The van der Waals surface area contributed by atoms with E-state index in [2.05, 4.69) is 0 Å². The van der Waals surface area contributed by atoms with Crippen LogP contribution in [-0.4, -0.2) is 24.7 Å².